The molecule has 9 aromatic rings. The summed E-state index contributed by atoms with van der Waals surface area (Å²) in [5.41, 5.74) is 8.39. The molecule has 17 bridgehead atoms. The Morgan fingerprint density at radius 1 is 0.527 bits per heavy atom. The van der Waals surface area contributed by atoms with Gasteiger partial charge < -0.3 is 97.4 Å². The highest BCUT2D eigenvalue weighted by Gasteiger charge is 2.42. The van der Waals surface area contributed by atoms with Gasteiger partial charge in [-0.05, 0) is 134 Å². The summed E-state index contributed by atoms with van der Waals surface area (Å²) in [5, 5.41) is 104. The number of carbonyl (C=O) groups is 7. The van der Waals surface area contributed by atoms with Crippen LogP contribution in [0.4, 0.5) is 0 Å². The van der Waals surface area contributed by atoms with E-state index in [-0.39, 0.29) is 103 Å². The number of hydrogen-bond donors (Lipinski definition) is 15. The summed E-state index contributed by atoms with van der Waals surface area (Å²) in [6.45, 7) is 3.24. The molecule has 0 saturated carbocycles. The molecule has 0 radical (unpaired) electrons. The van der Waals surface area contributed by atoms with E-state index in [4.69, 9.17) is 43.1 Å². The van der Waals surface area contributed by atoms with Crippen molar-refractivity contribution in [2.45, 2.75) is 74.3 Å². The van der Waals surface area contributed by atoms with E-state index in [1.165, 1.54) is 78.9 Å². The quantitative estimate of drug-likeness (QED) is 0.0454. The molecule has 7 aliphatic heterocycles. The lowest BCUT2D eigenvalue weighted by atomic mass is 9.87. The van der Waals surface area contributed by atoms with Gasteiger partial charge in [0.25, 0.3) is 0 Å². The number of piperazine rings is 1. The van der Waals surface area contributed by atoms with Crippen LogP contribution < -0.4 is 57.2 Å². The summed E-state index contributed by atoms with van der Waals surface area (Å²) in [6, 6.07) is 27.2. The van der Waals surface area contributed by atoms with Crippen LogP contribution in [0.3, 0.4) is 0 Å². The number of carbonyl (C=O) groups excluding carboxylic acids is 7. The Bertz CT molecular complexity index is 5230. The molecule has 1 fully saturated rings. The lowest BCUT2D eigenvalue weighted by Gasteiger charge is -2.35. The number of rotatable bonds is 10. The first-order chi connectivity index (χ1) is 53.6. The smallest absolute Gasteiger partial charge is 0.248 e. The molecule has 578 valence electrons. The second-order valence-electron chi connectivity index (χ2n) is 29.3. The van der Waals surface area contributed by atoms with E-state index in [1.54, 1.807) is 0 Å². The number of nitrogens with zero attached hydrogens (tertiary/aromatic N) is 3. The van der Waals surface area contributed by atoms with E-state index < -0.39 is 136 Å². The molecule has 7 aliphatic rings. The average molecular weight is 1560 g/mol. The topological polar surface area (TPSA) is 406 Å². The van der Waals surface area contributed by atoms with Crippen molar-refractivity contribution in [1.29, 1.82) is 0 Å². The predicted octanol–water partition coefficient (Wildman–Crippen LogP) is 8.10. The Hall–Kier alpha value is -12.2. The molecule has 112 heavy (non-hydrogen) atoms. The molecule has 16 N–H and O–H groups in total. The van der Waals surface area contributed by atoms with Crippen LogP contribution in [0.5, 0.6) is 69.0 Å². The lowest BCUT2D eigenvalue weighted by molar-refractivity contribution is -0.870. The zero-order chi connectivity index (χ0) is 79.1. The maximum Gasteiger partial charge on any atom is 0.248 e. The summed E-state index contributed by atoms with van der Waals surface area (Å²) < 4.78 is 19.3. The Labute approximate surface area is 651 Å². The number of phenolic OH excluding ortho intramolecular Hbond substituents is 6. The van der Waals surface area contributed by atoms with Gasteiger partial charge in [0.05, 0.1) is 43.3 Å². The van der Waals surface area contributed by atoms with E-state index in [0.29, 0.717) is 55.7 Å². The minimum Gasteiger partial charge on any atom is -0.508 e. The van der Waals surface area contributed by atoms with Gasteiger partial charge in [-0.1, -0.05) is 102 Å². The van der Waals surface area contributed by atoms with Gasteiger partial charge in [0.2, 0.25) is 47.1 Å². The van der Waals surface area contributed by atoms with Crippen molar-refractivity contribution in [3.8, 4) is 91.2 Å². The van der Waals surface area contributed by atoms with Crippen LogP contribution in [0.1, 0.15) is 92.8 Å². The van der Waals surface area contributed by atoms with Crippen LogP contribution in [0.2, 0.25) is 10.0 Å². The van der Waals surface area contributed by atoms with Gasteiger partial charge in [-0.25, -0.2) is 0 Å². The van der Waals surface area contributed by atoms with E-state index >= 15 is 28.8 Å². The summed E-state index contributed by atoms with van der Waals surface area (Å²) in [5.74, 6) is -13.2. The van der Waals surface area contributed by atoms with Crippen LogP contribution in [-0.4, -0.2) is 164 Å². The zero-order valence-corrected chi connectivity index (χ0v) is 62.2. The monoisotopic (exact) mass is 1560 g/mol. The summed E-state index contributed by atoms with van der Waals surface area (Å²) in [7, 11) is 5.87. The molecule has 0 aromatic heterocycles. The maximum atomic E-state index is 16.3. The Kier molecular flexibility index (Phi) is 21.7. The highest BCUT2D eigenvalue weighted by Crippen LogP contribution is 2.50. The second kappa shape index (κ2) is 31.7. The van der Waals surface area contributed by atoms with Crippen molar-refractivity contribution >= 4 is 64.6 Å². The number of aliphatic hydroxyl groups is 1. The fourth-order valence-electron chi connectivity index (χ4n) is 14.4. The van der Waals surface area contributed by atoms with Crippen LogP contribution in [-0.2, 0) is 53.1 Å². The van der Waals surface area contributed by atoms with Gasteiger partial charge in [0.15, 0.2) is 23.0 Å². The fourth-order valence-corrected chi connectivity index (χ4v) is 14.8. The van der Waals surface area contributed by atoms with Crippen molar-refractivity contribution in [3.63, 3.8) is 0 Å². The molecule has 7 heterocycles. The number of halogens is 2. The molecule has 9 aromatic carbocycles. The van der Waals surface area contributed by atoms with Crippen LogP contribution in [0, 0.1) is 0 Å². The average Bonchev–Trinajstić information content (AvgIpc) is 0.759. The minimum absolute atomic E-state index is 0.0480. The normalized spacial score (nSPS) is 20.8. The van der Waals surface area contributed by atoms with Crippen LogP contribution in [0.25, 0.3) is 22.3 Å². The maximum absolute atomic E-state index is 16.3. The molecule has 16 rings (SSSR count). The standard InChI is InChI=1S/C82H79Cl2N11O17/c1-95(2,3)27-7-22-86-78(105)71-53-38-60(99)54(40-94-25-23-93(24-26-94)39-41-10-13-44(14-11-41)43-8-5-4-6-9-43)74(101)66(53)52-32-46(16-18-58(52)97)68-79(106)92-72(82(109)91-71)73(100)47-17-21-62(56(84)33-47)112-65-36-49-35-64(75(65)102)111-61-20-12-42(28-55(61)83)29-57-76(103)88-69(80(107)90-70(49)81(108)89-68)48-30-50(96)37-51(31-48)110-63-34-45(15-19-59(63)98)67(85)77(104)87-57/h4-6,8-21,28,30-38,57,67-73,100H,7,22-27,29,39-40,85H2,1-3H3,(H12-,86,87,88,89,90,91,92,96,97,98,99,101,102,103,104,105,106,107,108,109)/p+1/t57-,67-,68-,69+,70-,71+,72+,73-/m1/s1. The Morgan fingerprint density at radius 2 is 1.12 bits per heavy atom. The molecule has 8 atom stereocenters. The number of quaternary nitrogens is 1. The second-order valence-corrected chi connectivity index (χ2v) is 30.1. The summed E-state index contributed by atoms with van der Waals surface area (Å²) in [4.78, 5) is 113. The molecule has 30 heteroatoms. The van der Waals surface area contributed by atoms with Gasteiger partial charge in [-0.15, -0.1) is 0 Å². The predicted molar refractivity (Wildman–Crippen MR) is 410 cm³/mol. The molecule has 28 nitrogen and oxygen atoms in total. The first-order valence-corrected chi connectivity index (χ1v) is 36.8. The first kappa shape index (κ1) is 76.6. The number of hydrogen-bond acceptors (Lipinski definition) is 20. The Balaban J connectivity index is 0.907. The highest BCUT2D eigenvalue weighted by atomic mass is 35.5. The van der Waals surface area contributed by atoms with Gasteiger partial charge in [0, 0.05) is 75.8 Å². The molecule has 0 spiro atoms. The minimum atomic E-state index is -2.18. The van der Waals surface area contributed by atoms with E-state index in [2.05, 4.69) is 66.4 Å². The third-order valence-corrected chi connectivity index (χ3v) is 20.9. The van der Waals surface area contributed by atoms with E-state index in [9.17, 15) is 40.5 Å². The molecule has 1 saturated heterocycles. The van der Waals surface area contributed by atoms with Crippen molar-refractivity contribution in [1.82, 2.24) is 47.0 Å². The van der Waals surface area contributed by atoms with Crippen molar-refractivity contribution in [2.24, 2.45) is 5.73 Å². The van der Waals surface area contributed by atoms with Crippen LogP contribution >= 0.6 is 23.2 Å². The number of ether oxygens (including phenoxy) is 3. The van der Waals surface area contributed by atoms with Crippen molar-refractivity contribution in [2.75, 3.05) is 60.4 Å². The van der Waals surface area contributed by atoms with Gasteiger partial charge >= 0.3 is 0 Å². The van der Waals surface area contributed by atoms with Gasteiger partial charge in [-0.3, -0.25) is 43.4 Å². The number of nitrogens with two attached hydrogens (primary N) is 1. The number of benzene rings is 9. The highest BCUT2D eigenvalue weighted by molar-refractivity contribution is 6.32. The molecular formula is C82H80Cl2N11O17+. The first-order valence-electron chi connectivity index (χ1n) is 36.1. The zero-order valence-electron chi connectivity index (χ0n) is 60.7. The number of aliphatic hydroxyl groups excluding tert-OH is 1. The SMILES string of the molecule is C[N+](C)(C)CCCNC(=O)[C@H]1NC(=O)[C@H]2NC(=O)[C@H](NC(=O)[C@@H]3NC(=O)[C@H]4NC(=O)[C@@H](Cc5ccc(c(Cl)c5)Oc5cc3cc(c5O)Oc3ccc(cc3Cl)[C@H]2O)NC(=O)[C@H](N)c2ccc(O)c(c2)Oc2cc(O)cc4c2)c2ccc(O)c(c2)-c2c1cc(O)c(CN1CCN(Cc3ccc(-c4ccccc4)cc3)CC1)c2O. The Morgan fingerprint density at radius 3 is 1.79 bits per heavy atom. The third-order valence-electron chi connectivity index (χ3n) is 20.4. The third kappa shape index (κ3) is 16.5. The fraction of sp³-hybridized carbons (Fsp3) is 0.256. The summed E-state index contributed by atoms with van der Waals surface area (Å²) >= 11 is 14.0. The number of fused-ring (bicyclic) bond motifs is 14. The van der Waals surface area contributed by atoms with E-state index in [0.717, 1.165) is 47.0 Å². The molecular weight excluding hydrogens is 1480 g/mol. The summed E-state index contributed by atoms with van der Waals surface area (Å²) in [6.07, 6.45) is -2.02. The number of nitrogens with one attached hydrogen (secondary N) is 7. The lowest BCUT2D eigenvalue weighted by Crippen LogP contribution is -2.56. The molecule has 0 unspecified atom stereocenters. The van der Waals surface area contributed by atoms with Crippen LogP contribution in [0.15, 0.2) is 164 Å². The number of amides is 7. The molecule has 0 aliphatic carbocycles. The molecule has 7 amide bonds. The number of phenols is 6. The largest absolute Gasteiger partial charge is 0.508 e. The van der Waals surface area contributed by atoms with E-state index in [1.807, 2.05) is 56.4 Å². The van der Waals surface area contributed by atoms with Gasteiger partial charge in [-0.2, -0.15) is 0 Å². The van der Waals surface area contributed by atoms with Gasteiger partial charge in [0.1, 0.15) is 88.6 Å². The number of aromatic hydroxyl groups is 6. The van der Waals surface area contributed by atoms with Crippen molar-refractivity contribution < 1.29 is 88.0 Å². The van der Waals surface area contributed by atoms with Crippen molar-refractivity contribution in [3.05, 3.63) is 224 Å².